The Morgan fingerprint density at radius 3 is 2.44 bits per heavy atom. The van der Waals surface area contributed by atoms with Crippen molar-refractivity contribution in [1.82, 2.24) is 4.90 Å². The van der Waals surface area contributed by atoms with Crippen LogP contribution >= 0.6 is 11.8 Å². The first-order chi connectivity index (χ1) is 7.51. The van der Waals surface area contributed by atoms with Crippen LogP contribution in [0.3, 0.4) is 0 Å². The highest BCUT2D eigenvalue weighted by atomic mass is 32.2. The summed E-state index contributed by atoms with van der Waals surface area (Å²) in [5.41, 5.74) is 6.15. The molecule has 0 fully saturated rings. The van der Waals surface area contributed by atoms with Crippen LogP contribution in [-0.2, 0) is 0 Å². The van der Waals surface area contributed by atoms with Crippen molar-refractivity contribution in [3.63, 3.8) is 0 Å². The molecule has 0 heterocycles. The molecule has 0 aromatic rings. The van der Waals surface area contributed by atoms with E-state index in [9.17, 15) is 0 Å². The van der Waals surface area contributed by atoms with Crippen LogP contribution in [0.15, 0.2) is 0 Å². The van der Waals surface area contributed by atoms with Gasteiger partial charge in [-0.25, -0.2) is 0 Å². The molecule has 0 saturated carbocycles. The summed E-state index contributed by atoms with van der Waals surface area (Å²) in [4.78, 5) is 2.47. The Morgan fingerprint density at radius 2 is 2.00 bits per heavy atom. The zero-order valence-corrected chi connectivity index (χ0v) is 12.6. The Balaban J connectivity index is 4.29. The molecule has 0 aromatic carbocycles. The first-order valence-electron chi connectivity index (χ1n) is 6.43. The summed E-state index contributed by atoms with van der Waals surface area (Å²) >= 11 is 1.91. The summed E-state index contributed by atoms with van der Waals surface area (Å²) in [6, 6.07) is 0.602. The molecule has 0 rings (SSSR count). The van der Waals surface area contributed by atoms with Crippen LogP contribution in [0.2, 0.25) is 0 Å². The molecule has 0 saturated heterocycles. The smallest absolute Gasteiger partial charge is 0.0303 e. The highest BCUT2D eigenvalue weighted by Gasteiger charge is 2.29. The van der Waals surface area contributed by atoms with Gasteiger partial charge in [0, 0.05) is 23.9 Å². The van der Waals surface area contributed by atoms with Gasteiger partial charge in [-0.2, -0.15) is 11.8 Å². The maximum absolute atomic E-state index is 5.98. The Kier molecular flexibility index (Phi) is 8.52. The topological polar surface area (TPSA) is 29.3 Å². The van der Waals surface area contributed by atoms with E-state index in [0.717, 1.165) is 6.54 Å². The van der Waals surface area contributed by atoms with Gasteiger partial charge in [-0.05, 0) is 33.6 Å². The number of rotatable bonds is 9. The zero-order chi connectivity index (χ0) is 12.6. The second-order valence-corrected chi connectivity index (χ2v) is 5.98. The van der Waals surface area contributed by atoms with Crippen LogP contribution in [0.1, 0.15) is 46.5 Å². The summed E-state index contributed by atoms with van der Waals surface area (Å²) in [6.07, 6.45) is 7.28. The Bertz CT molecular complexity index is 175. The molecule has 2 N–H and O–H groups in total. The quantitative estimate of drug-likeness (QED) is 0.634. The Morgan fingerprint density at radius 1 is 1.38 bits per heavy atom. The minimum Gasteiger partial charge on any atom is -0.329 e. The lowest BCUT2D eigenvalue weighted by atomic mass is 9.91. The van der Waals surface area contributed by atoms with Crippen LogP contribution < -0.4 is 5.73 Å². The molecule has 0 spiro atoms. The Labute approximate surface area is 106 Å². The predicted molar refractivity (Wildman–Crippen MR) is 77.2 cm³/mol. The van der Waals surface area contributed by atoms with Crippen molar-refractivity contribution in [2.75, 3.05) is 25.6 Å². The first-order valence-corrected chi connectivity index (χ1v) is 7.83. The molecule has 16 heavy (non-hydrogen) atoms. The summed E-state index contributed by atoms with van der Waals surface area (Å²) in [5.74, 6) is 1.18. The van der Waals surface area contributed by atoms with Crippen LogP contribution in [0.25, 0.3) is 0 Å². The average Bonchev–Trinajstić information content (AvgIpc) is 2.28. The summed E-state index contributed by atoms with van der Waals surface area (Å²) in [5, 5.41) is 0. The van der Waals surface area contributed by atoms with Crippen molar-refractivity contribution in [3.05, 3.63) is 0 Å². The molecular formula is C13H30N2S. The SMILES string of the molecule is CCCCCC(C)(CN)N(C)C(C)CSC. The molecule has 2 nitrogen and oxygen atoms in total. The molecule has 0 radical (unpaired) electrons. The standard InChI is InChI=1S/C13H30N2S/c1-6-7-8-9-13(3,11-14)15(4)12(2)10-16-5/h12H,6-11,14H2,1-5H3. The van der Waals surface area contributed by atoms with Crippen LogP contribution in [0.5, 0.6) is 0 Å². The summed E-state index contributed by atoms with van der Waals surface area (Å²) in [7, 11) is 2.22. The zero-order valence-electron chi connectivity index (χ0n) is 11.8. The van der Waals surface area contributed by atoms with E-state index in [1.165, 1.54) is 31.4 Å². The molecule has 2 atom stereocenters. The van der Waals surface area contributed by atoms with Crippen molar-refractivity contribution in [1.29, 1.82) is 0 Å². The van der Waals surface area contributed by atoms with E-state index in [0.29, 0.717) is 6.04 Å². The number of unbranched alkanes of at least 4 members (excludes halogenated alkanes) is 2. The van der Waals surface area contributed by atoms with E-state index < -0.39 is 0 Å². The molecular weight excluding hydrogens is 216 g/mol. The second kappa shape index (κ2) is 8.37. The molecule has 0 amide bonds. The van der Waals surface area contributed by atoms with Gasteiger partial charge in [0.2, 0.25) is 0 Å². The van der Waals surface area contributed by atoms with Crippen molar-refractivity contribution in [3.8, 4) is 0 Å². The highest BCUT2D eigenvalue weighted by Crippen LogP contribution is 2.23. The number of nitrogens with two attached hydrogens (primary N) is 1. The first kappa shape index (κ1) is 16.3. The fraction of sp³-hybridized carbons (Fsp3) is 1.00. The fourth-order valence-electron chi connectivity index (χ4n) is 2.06. The van der Waals surface area contributed by atoms with E-state index in [1.54, 1.807) is 0 Å². The maximum atomic E-state index is 5.98. The van der Waals surface area contributed by atoms with Gasteiger partial charge < -0.3 is 5.73 Å². The van der Waals surface area contributed by atoms with Gasteiger partial charge in [0.25, 0.3) is 0 Å². The third-order valence-corrected chi connectivity index (χ3v) is 4.49. The van der Waals surface area contributed by atoms with Crippen molar-refractivity contribution < 1.29 is 0 Å². The number of likely N-dealkylation sites (N-methyl/N-ethyl adjacent to an activating group) is 1. The Hall–Kier alpha value is 0.270. The molecule has 98 valence electrons. The molecule has 0 aliphatic rings. The number of hydrogen-bond donors (Lipinski definition) is 1. The van der Waals surface area contributed by atoms with Gasteiger partial charge in [0.1, 0.15) is 0 Å². The maximum Gasteiger partial charge on any atom is 0.0303 e. The fourth-order valence-corrected chi connectivity index (χ4v) is 2.77. The molecule has 0 aliphatic carbocycles. The van der Waals surface area contributed by atoms with E-state index >= 15 is 0 Å². The average molecular weight is 246 g/mol. The minimum atomic E-state index is 0.171. The van der Waals surface area contributed by atoms with Crippen LogP contribution in [-0.4, -0.2) is 42.1 Å². The lowest BCUT2D eigenvalue weighted by molar-refractivity contribution is 0.0993. The molecule has 0 aliphatic heterocycles. The third kappa shape index (κ3) is 5.07. The largest absolute Gasteiger partial charge is 0.329 e. The van der Waals surface area contributed by atoms with Crippen molar-refractivity contribution >= 4 is 11.8 Å². The lowest BCUT2D eigenvalue weighted by Gasteiger charge is -2.42. The summed E-state index contributed by atoms with van der Waals surface area (Å²) in [6.45, 7) is 7.61. The second-order valence-electron chi connectivity index (χ2n) is 5.07. The minimum absolute atomic E-state index is 0.171. The molecule has 3 heteroatoms. The number of thioether (sulfide) groups is 1. The van der Waals surface area contributed by atoms with Crippen LogP contribution in [0, 0.1) is 0 Å². The summed E-state index contributed by atoms with van der Waals surface area (Å²) < 4.78 is 0. The van der Waals surface area contributed by atoms with E-state index in [1.807, 2.05) is 11.8 Å². The highest BCUT2D eigenvalue weighted by molar-refractivity contribution is 7.98. The van der Waals surface area contributed by atoms with E-state index in [2.05, 4.69) is 39.0 Å². The van der Waals surface area contributed by atoms with Gasteiger partial charge in [0.05, 0.1) is 0 Å². The number of hydrogen-bond acceptors (Lipinski definition) is 3. The molecule has 0 bridgehead atoms. The van der Waals surface area contributed by atoms with Gasteiger partial charge in [-0.1, -0.05) is 26.2 Å². The van der Waals surface area contributed by atoms with Crippen molar-refractivity contribution in [2.45, 2.75) is 58.0 Å². The van der Waals surface area contributed by atoms with Crippen LogP contribution in [0.4, 0.5) is 0 Å². The number of nitrogens with zero attached hydrogens (tertiary/aromatic N) is 1. The van der Waals surface area contributed by atoms with E-state index in [-0.39, 0.29) is 5.54 Å². The van der Waals surface area contributed by atoms with Crippen molar-refractivity contribution in [2.24, 2.45) is 5.73 Å². The predicted octanol–water partition coefficient (Wildman–Crippen LogP) is 2.97. The monoisotopic (exact) mass is 246 g/mol. The van der Waals surface area contributed by atoms with Gasteiger partial charge in [-0.15, -0.1) is 0 Å². The van der Waals surface area contributed by atoms with Gasteiger partial charge in [0.15, 0.2) is 0 Å². The van der Waals surface area contributed by atoms with Gasteiger partial charge in [-0.3, -0.25) is 4.90 Å². The lowest BCUT2D eigenvalue weighted by Crippen LogP contribution is -2.53. The third-order valence-electron chi connectivity index (χ3n) is 3.68. The molecule has 0 aromatic heterocycles. The van der Waals surface area contributed by atoms with Gasteiger partial charge >= 0.3 is 0 Å². The normalized spacial score (nSPS) is 17.4. The molecule has 2 unspecified atom stereocenters. The van der Waals surface area contributed by atoms with E-state index in [4.69, 9.17) is 5.73 Å².